The zero-order chi connectivity index (χ0) is 26.0. The Balaban J connectivity index is 1.67. The van der Waals surface area contributed by atoms with E-state index in [-0.39, 0.29) is 11.1 Å². The molecule has 36 heavy (non-hydrogen) atoms. The molecule has 0 aliphatic carbocycles. The Morgan fingerprint density at radius 3 is 2.56 bits per heavy atom. The van der Waals surface area contributed by atoms with Crippen LogP contribution in [0.25, 0.3) is 16.6 Å². The number of amides is 1. The SMILES string of the molecule is Cc1ccc(NC(=O)c2cccc(C(F)(F)F)c2)cc1-n1cnc2ccc(NCC(C)O)cc2c1=O. The zero-order valence-corrected chi connectivity index (χ0v) is 19.4. The Bertz CT molecular complexity index is 1500. The zero-order valence-electron chi connectivity index (χ0n) is 19.4. The van der Waals surface area contributed by atoms with Crippen LogP contribution in [0.2, 0.25) is 0 Å². The number of nitrogens with zero attached hydrogens (tertiary/aromatic N) is 2. The molecule has 10 heteroatoms. The molecule has 1 unspecified atom stereocenters. The van der Waals surface area contributed by atoms with E-state index in [2.05, 4.69) is 15.6 Å². The number of rotatable bonds is 6. The van der Waals surface area contributed by atoms with Crippen molar-refractivity contribution >= 4 is 28.2 Å². The van der Waals surface area contributed by atoms with Crippen LogP contribution in [0.5, 0.6) is 0 Å². The third-order valence-corrected chi connectivity index (χ3v) is 5.54. The Morgan fingerprint density at radius 1 is 1.08 bits per heavy atom. The molecule has 4 rings (SSSR count). The first-order valence-electron chi connectivity index (χ1n) is 11.1. The van der Waals surface area contributed by atoms with Gasteiger partial charge >= 0.3 is 6.18 Å². The molecular weight excluding hydrogens is 473 g/mol. The Morgan fingerprint density at radius 2 is 1.83 bits per heavy atom. The van der Waals surface area contributed by atoms with Crippen molar-refractivity contribution in [2.45, 2.75) is 26.1 Å². The van der Waals surface area contributed by atoms with Gasteiger partial charge in [0, 0.05) is 23.5 Å². The van der Waals surface area contributed by atoms with E-state index in [1.165, 1.54) is 23.0 Å². The summed E-state index contributed by atoms with van der Waals surface area (Å²) in [5, 5.41) is 15.5. The lowest BCUT2D eigenvalue weighted by molar-refractivity contribution is -0.137. The number of aliphatic hydroxyl groups is 1. The van der Waals surface area contributed by atoms with E-state index >= 15 is 0 Å². The van der Waals surface area contributed by atoms with Gasteiger partial charge in [0.1, 0.15) is 6.33 Å². The highest BCUT2D eigenvalue weighted by Gasteiger charge is 2.30. The molecule has 3 N–H and O–H groups in total. The van der Waals surface area contributed by atoms with Gasteiger partial charge < -0.3 is 15.7 Å². The van der Waals surface area contributed by atoms with Crippen molar-refractivity contribution in [2.75, 3.05) is 17.2 Å². The number of aryl methyl sites for hydroxylation is 1. The van der Waals surface area contributed by atoms with Crippen molar-refractivity contribution in [1.82, 2.24) is 9.55 Å². The minimum Gasteiger partial charge on any atom is -0.392 e. The van der Waals surface area contributed by atoms with Gasteiger partial charge in [0.15, 0.2) is 0 Å². The van der Waals surface area contributed by atoms with Gasteiger partial charge in [-0.05, 0) is 67.9 Å². The number of aromatic nitrogens is 2. The fourth-order valence-electron chi connectivity index (χ4n) is 3.66. The number of hydrogen-bond donors (Lipinski definition) is 3. The van der Waals surface area contributed by atoms with Gasteiger partial charge in [-0.2, -0.15) is 13.2 Å². The fourth-order valence-corrected chi connectivity index (χ4v) is 3.66. The van der Waals surface area contributed by atoms with Crippen LogP contribution < -0.4 is 16.2 Å². The number of carbonyl (C=O) groups excluding carboxylic acids is 1. The number of aliphatic hydroxyl groups excluding tert-OH is 1. The maximum atomic E-state index is 13.3. The topological polar surface area (TPSA) is 96.2 Å². The lowest BCUT2D eigenvalue weighted by Crippen LogP contribution is -2.21. The maximum absolute atomic E-state index is 13.3. The number of fused-ring (bicyclic) bond motifs is 1. The number of benzene rings is 3. The first-order valence-corrected chi connectivity index (χ1v) is 11.1. The van der Waals surface area contributed by atoms with E-state index < -0.39 is 23.8 Å². The second-order valence-corrected chi connectivity index (χ2v) is 8.42. The second-order valence-electron chi connectivity index (χ2n) is 8.42. The molecule has 186 valence electrons. The highest BCUT2D eigenvalue weighted by molar-refractivity contribution is 6.04. The molecule has 0 aliphatic rings. The monoisotopic (exact) mass is 496 g/mol. The van der Waals surface area contributed by atoms with E-state index in [0.717, 1.165) is 17.7 Å². The van der Waals surface area contributed by atoms with Crippen LogP contribution in [0, 0.1) is 6.92 Å². The summed E-state index contributed by atoms with van der Waals surface area (Å²) < 4.78 is 40.4. The number of hydrogen-bond acceptors (Lipinski definition) is 5. The van der Waals surface area contributed by atoms with Gasteiger partial charge in [0.25, 0.3) is 11.5 Å². The summed E-state index contributed by atoms with van der Waals surface area (Å²) in [6, 6.07) is 14.1. The van der Waals surface area contributed by atoms with E-state index in [1.54, 1.807) is 50.2 Å². The van der Waals surface area contributed by atoms with E-state index in [1.807, 2.05) is 0 Å². The second kappa shape index (κ2) is 9.82. The third-order valence-electron chi connectivity index (χ3n) is 5.54. The molecule has 0 aliphatic heterocycles. The number of nitrogens with one attached hydrogen (secondary N) is 2. The van der Waals surface area contributed by atoms with E-state index in [4.69, 9.17) is 0 Å². The van der Waals surface area contributed by atoms with Crippen LogP contribution in [-0.2, 0) is 6.18 Å². The van der Waals surface area contributed by atoms with Crippen molar-refractivity contribution < 1.29 is 23.1 Å². The quantitative estimate of drug-likeness (QED) is 0.358. The number of halogens is 3. The molecule has 0 saturated carbocycles. The molecule has 0 saturated heterocycles. The van der Waals surface area contributed by atoms with Crippen LogP contribution in [0.4, 0.5) is 24.5 Å². The van der Waals surface area contributed by atoms with Gasteiger partial charge in [-0.15, -0.1) is 0 Å². The van der Waals surface area contributed by atoms with Crippen LogP contribution in [0.15, 0.2) is 71.8 Å². The average molecular weight is 496 g/mol. The van der Waals surface area contributed by atoms with Crippen LogP contribution >= 0.6 is 0 Å². The minimum atomic E-state index is -4.57. The van der Waals surface area contributed by atoms with Crippen LogP contribution in [0.3, 0.4) is 0 Å². The molecule has 1 heterocycles. The first kappa shape index (κ1) is 24.9. The number of alkyl halides is 3. The summed E-state index contributed by atoms with van der Waals surface area (Å²) in [5.41, 5.74) is 1.22. The van der Waals surface area contributed by atoms with Gasteiger partial charge in [-0.1, -0.05) is 12.1 Å². The summed E-state index contributed by atoms with van der Waals surface area (Å²) in [6.07, 6.45) is -3.75. The van der Waals surface area contributed by atoms with Crippen molar-refractivity contribution in [3.8, 4) is 5.69 Å². The van der Waals surface area contributed by atoms with Crippen molar-refractivity contribution in [3.63, 3.8) is 0 Å². The summed E-state index contributed by atoms with van der Waals surface area (Å²) >= 11 is 0. The average Bonchev–Trinajstić information content (AvgIpc) is 2.84. The molecular formula is C26H23F3N4O3. The molecule has 0 radical (unpaired) electrons. The lowest BCUT2D eigenvalue weighted by atomic mass is 10.1. The lowest BCUT2D eigenvalue weighted by Gasteiger charge is -2.14. The van der Waals surface area contributed by atoms with Gasteiger partial charge in [-0.25, -0.2) is 4.98 Å². The highest BCUT2D eigenvalue weighted by atomic mass is 19.4. The summed E-state index contributed by atoms with van der Waals surface area (Å²) in [4.78, 5) is 30.3. The Hall–Kier alpha value is -4.18. The molecule has 0 bridgehead atoms. The summed E-state index contributed by atoms with van der Waals surface area (Å²) in [6.45, 7) is 3.74. The maximum Gasteiger partial charge on any atom is 0.416 e. The molecule has 1 aromatic heterocycles. The number of carbonyl (C=O) groups is 1. The molecule has 1 amide bonds. The van der Waals surface area contributed by atoms with Gasteiger partial charge in [0.05, 0.1) is 28.3 Å². The predicted molar refractivity (Wildman–Crippen MR) is 132 cm³/mol. The summed E-state index contributed by atoms with van der Waals surface area (Å²) in [7, 11) is 0. The molecule has 3 aromatic carbocycles. The third kappa shape index (κ3) is 5.38. The van der Waals surface area contributed by atoms with Crippen molar-refractivity contribution in [2.24, 2.45) is 0 Å². The first-order chi connectivity index (χ1) is 17.0. The van der Waals surface area contributed by atoms with Crippen LogP contribution in [-0.4, -0.2) is 33.2 Å². The number of anilines is 2. The Kier molecular flexibility index (Phi) is 6.80. The Labute approximate surface area is 204 Å². The normalized spacial score (nSPS) is 12.4. The standard InChI is InChI=1S/C26H23F3N4O3/c1-15-6-7-20(32-24(35)17-4-3-5-18(10-17)26(27,28)29)12-23(15)33-14-31-22-9-8-19(30-13-16(2)34)11-21(22)25(33)36/h3-12,14,16,30,34H,13H2,1-2H3,(H,32,35). The van der Waals surface area contributed by atoms with Crippen LogP contribution in [0.1, 0.15) is 28.4 Å². The largest absolute Gasteiger partial charge is 0.416 e. The van der Waals surface area contributed by atoms with Gasteiger partial charge in [0.2, 0.25) is 0 Å². The van der Waals surface area contributed by atoms with Crippen molar-refractivity contribution in [1.29, 1.82) is 0 Å². The molecule has 7 nitrogen and oxygen atoms in total. The smallest absolute Gasteiger partial charge is 0.392 e. The van der Waals surface area contributed by atoms with Crippen molar-refractivity contribution in [3.05, 3.63) is 94.0 Å². The van der Waals surface area contributed by atoms with E-state index in [9.17, 15) is 27.9 Å². The highest BCUT2D eigenvalue weighted by Crippen LogP contribution is 2.30. The van der Waals surface area contributed by atoms with Gasteiger partial charge in [-0.3, -0.25) is 14.2 Å². The molecule has 4 aromatic rings. The minimum absolute atomic E-state index is 0.145. The fraction of sp³-hybridized carbons (Fsp3) is 0.192. The van der Waals surface area contributed by atoms with E-state index in [0.29, 0.717) is 34.5 Å². The molecule has 1 atom stereocenters. The predicted octanol–water partition coefficient (Wildman–Crippen LogP) is 4.76. The molecule has 0 fully saturated rings. The molecule has 0 spiro atoms. The summed E-state index contributed by atoms with van der Waals surface area (Å²) in [5.74, 6) is -0.714.